The quantitative estimate of drug-likeness (QED) is 0.692. The van der Waals surface area contributed by atoms with E-state index in [4.69, 9.17) is 24.1 Å². The van der Waals surface area contributed by atoms with Gasteiger partial charge in [0.25, 0.3) is 0 Å². The molecule has 0 amide bonds. The van der Waals surface area contributed by atoms with Crippen molar-refractivity contribution in [3.8, 4) is 0 Å². The van der Waals surface area contributed by atoms with E-state index >= 15 is 0 Å². The summed E-state index contributed by atoms with van der Waals surface area (Å²) in [4.78, 5) is 0. The molecule has 0 radical (unpaired) electrons. The molecule has 1 heterocycles. The van der Waals surface area contributed by atoms with Crippen LogP contribution in [0.1, 0.15) is 26.7 Å². The fourth-order valence-electron chi connectivity index (χ4n) is 1.79. The van der Waals surface area contributed by atoms with Crippen molar-refractivity contribution in [1.82, 2.24) is 0 Å². The smallest absolute Gasteiger partial charge is 0.216 e. The minimum atomic E-state index is -0.803. The van der Waals surface area contributed by atoms with Crippen molar-refractivity contribution >= 4 is 0 Å². The molecule has 0 saturated carbocycles. The second-order valence-electron chi connectivity index (χ2n) is 3.86. The van der Waals surface area contributed by atoms with E-state index in [0.717, 1.165) is 0 Å². The molecule has 1 aliphatic heterocycles. The third-order valence-corrected chi connectivity index (χ3v) is 2.92. The molecule has 0 aromatic heterocycles. The van der Waals surface area contributed by atoms with Gasteiger partial charge in [0.1, 0.15) is 13.2 Å². The molecule has 1 aliphatic rings. The fourth-order valence-corrected chi connectivity index (χ4v) is 1.79. The van der Waals surface area contributed by atoms with Gasteiger partial charge in [-0.05, 0) is 13.3 Å². The molecule has 0 aromatic carbocycles. The molecule has 0 unspecified atom stereocenters. The summed E-state index contributed by atoms with van der Waals surface area (Å²) in [5.41, 5.74) is 0. The van der Waals surface area contributed by atoms with Gasteiger partial charge < -0.3 is 24.1 Å². The summed E-state index contributed by atoms with van der Waals surface area (Å²) in [6.45, 7) is 5.10. The lowest BCUT2D eigenvalue weighted by atomic mass is 10.1. The van der Waals surface area contributed by atoms with E-state index in [1.807, 2.05) is 13.8 Å². The molecule has 0 aromatic rings. The van der Waals surface area contributed by atoms with Gasteiger partial charge in [0.05, 0.1) is 0 Å². The van der Waals surface area contributed by atoms with E-state index < -0.39 is 11.6 Å². The number of methoxy groups -OCH3 is 1. The van der Waals surface area contributed by atoms with Crippen LogP contribution >= 0.6 is 0 Å². The summed E-state index contributed by atoms with van der Waals surface area (Å²) in [6.07, 6.45) is 1.16. The Balaban J connectivity index is 2.59. The molecule has 5 heteroatoms. The highest BCUT2D eigenvalue weighted by Crippen LogP contribution is 2.31. The summed E-state index contributed by atoms with van der Waals surface area (Å²) >= 11 is 0. The maximum absolute atomic E-state index is 8.98. The van der Waals surface area contributed by atoms with Crippen LogP contribution in [-0.4, -0.2) is 50.2 Å². The monoisotopic (exact) mass is 234 g/mol. The van der Waals surface area contributed by atoms with Crippen LogP contribution < -0.4 is 0 Å². The number of aliphatic hydroxyl groups is 1. The highest BCUT2D eigenvalue weighted by Gasteiger charge is 2.44. The third kappa shape index (κ3) is 2.93. The van der Waals surface area contributed by atoms with Gasteiger partial charge in [-0.25, -0.2) is 0 Å². The molecule has 0 aliphatic carbocycles. The van der Waals surface area contributed by atoms with E-state index in [-0.39, 0.29) is 6.61 Å². The second-order valence-corrected chi connectivity index (χ2v) is 3.86. The van der Waals surface area contributed by atoms with Crippen molar-refractivity contribution in [3.05, 3.63) is 0 Å². The average Bonchev–Trinajstić information content (AvgIpc) is 2.33. The Morgan fingerprint density at radius 1 is 1.25 bits per heavy atom. The Bertz CT molecular complexity index is 177. The molecular weight excluding hydrogens is 212 g/mol. The molecule has 5 nitrogen and oxygen atoms in total. The molecule has 1 saturated heterocycles. The van der Waals surface area contributed by atoms with Gasteiger partial charge >= 0.3 is 0 Å². The SMILES string of the molecule is CCOC1(OC)COC(CC)(CCO)OC1. The van der Waals surface area contributed by atoms with Crippen LogP contribution in [0.5, 0.6) is 0 Å². The van der Waals surface area contributed by atoms with Crippen LogP contribution in [0.25, 0.3) is 0 Å². The van der Waals surface area contributed by atoms with E-state index in [0.29, 0.717) is 32.7 Å². The van der Waals surface area contributed by atoms with Crippen molar-refractivity contribution in [2.45, 2.75) is 38.3 Å². The number of hydrogen-bond acceptors (Lipinski definition) is 5. The molecule has 1 fully saturated rings. The van der Waals surface area contributed by atoms with Crippen LogP contribution in [0.15, 0.2) is 0 Å². The first-order valence-corrected chi connectivity index (χ1v) is 5.74. The molecule has 0 bridgehead atoms. The summed E-state index contributed by atoms with van der Waals surface area (Å²) < 4.78 is 22.2. The Hall–Kier alpha value is -0.200. The molecule has 96 valence electrons. The van der Waals surface area contributed by atoms with Gasteiger partial charge in [-0.15, -0.1) is 0 Å². The molecule has 16 heavy (non-hydrogen) atoms. The lowest BCUT2D eigenvalue weighted by Gasteiger charge is -2.44. The lowest BCUT2D eigenvalue weighted by molar-refractivity contribution is -0.383. The second kappa shape index (κ2) is 5.93. The first-order valence-electron chi connectivity index (χ1n) is 5.74. The highest BCUT2D eigenvalue weighted by atomic mass is 16.8. The molecule has 0 spiro atoms. The zero-order chi connectivity index (χ0) is 12.1. The van der Waals surface area contributed by atoms with Crippen LogP contribution in [-0.2, 0) is 18.9 Å². The Morgan fingerprint density at radius 3 is 2.25 bits per heavy atom. The Labute approximate surface area is 96.6 Å². The molecule has 1 N–H and O–H groups in total. The predicted molar refractivity (Wildman–Crippen MR) is 58.0 cm³/mol. The normalized spacial score (nSPS) is 35.2. The van der Waals surface area contributed by atoms with E-state index in [1.165, 1.54) is 0 Å². The first kappa shape index (κ1) is 13.9. The summed E-state index contributed by atoms with van der Waals surface area (Å²) in [5, 5.41) is 8.98. The number of hydrogen-bond donors (Lipinski definition) is 1. The van der Waals surface area contributed by atoms with Crippen molar-refractivity contribution in [2.24, 2.45) is 0 Å². The molecule has 0 atom stereocenters. The average molecular weight is 234 g/mol. The van der Waals surface area contributed by atoms with Gasteiger partial charge in [-0.1, -0.05) is 6.92 Å². The maximum atomic E-state index is 8.98. The van der Waals surface area contributed by atoms with Crippen LogP contribution in [0.4, 0.5) is 0 Å². The van der Waals surface area contributed by atoms with E-state index in [2.05, 4.69) is 0 Å². The van der Waals surface area contributed by atoms with E-state index in [1.54, 1.807) is 7.11 Å². The van der Waals surface area contributed by atoms with Crippen molar-refractivity contribution in [2.75, 3.05) is 33.5 Å². The first-order chi connectivity index (χ1) is 7.66. The third-order valence-electron chi connectivity index (χ3n) is 2.92. The predicted octanol–water partition coefficient (Wildman–Crippen LogP) is 0.901. The lowest BCUT2D eigenvalue weighted by Crippen LogP contribution is -2.56. The van der Waals surface area contributed by atoms with Crippen molar-refractivity contribution in [1.29, 1.82) is 0 Å². The van der Waals surface area contributed by atoms with Gasteiger partial charge in [-0.3, -0.25) is 0 Å². The zero-order valence-corrected chi connectivity index (χ0v) is 10.3. The van der Waals surface area contributed by atoms with E-state index in [9.17, 15) is 0 Å². The topological polar surface area (TPSA) is 57.2 Å². The fraction of sp³-hybridized carbons (Fsp3) is 1.00. The largest absolute Gasteiger partial charge is 0.396 e. The van der Waals surface area contributed by atoms with Gasteiger partial charge in [-0.2, -0.15) is 0 Å². The van der Waals surface area contributed by atoms with Gasteiger partial charge in [0, 0.05) is 26.7 Å². The van der Waals surface area contributed by atoms with Gasteiger partial charge in [0.15, 0.2) is 5.79 Å². The number of ether oxygens (including phenoxy) is 4. The summed E-state index contributed by atoms with van der Waals surface area (Å²) in [5.74, 6) is -1.49. The Morgan fingerprint density at radius 2 is 1.88 bits per heavy atom. The van der Waals surface area contributed by atoms with Crippen molar-refractivity contribution < 1.29 is 24.1 Å². The summed E-state index contributed by atoms with van der Waals surface area (Å²) in [7, 11) is 1.58. The van der Waals surface area contributed by atoms with Crippen molar-refractivity contribution in [3.63, 3.8) is 0 Å². The molecular formula is C11H22O5. The van der Waals surface area contributed by atoms with Crippen LogP contribution in [0.2, 0.25) is 0 Å². The Kier molecular flexibility index (Phi) is 5.14. The number of aliphatic hydroxyl groups excluding tert-OH is 1. The summed E-state index contributed by atoms with van der Waals surface area (Å²) in [6, 6.07) is 0. The highest BCUT2D eigenvalue weighted by molar-refractivity contribution is 4.80. The van der Waals surface area contributed by atoms with Crippen LogP contribution in [0, 0.1) is 0 Å². The zero-order valence-electron chi connectivity index (χ0n) is 10.3. The van der Waals surface area contributed by atoms with Crippen LogP contribution in [0.3, 0.4) is 0 Å². The minimum Gasteiger partial charge on any atom is -0.396 e. The maximum Gasteiger partial charge on any atom is 0.216 e. The minimum absolute atomic E-state index is 0.0441. The molecule has 1 rings (SSSR count). The standard InChI is InChI=1S/C11H22O5/c1-4-10(6-7-12)15-8-11(13-3,9-16-10)14-5-2/h12H,4-9H2,1-3H3. The van der Waals surface area contributed by atoms with Gasteiger partial charge in [0.2, 0.25) is 5.79 Å². The number of rotatable bonds is 6.